The third-order valence-electron chi connectivity index (χ3n) is 3.30. The molecule has 23 heavy (non-hydrogen) atoms. The van der Waals surface area contributed by atoms with Crippen molar-refractivity contribution in [3.63, 3.8) is 0 Å². The van der Waals surface area contributed by atoms with Crippen LogP contribution in [0.15, 0.2) is 30.9 Å². The van der Waals surface area contributed by atoms with Gasteiger partial charge in [-0.05, 0) is 48.8 Å². The maximum absolute atomic E-state index is 9.25. The Morgan fingerprint density at radius 2 is 1.65 bits per heavy atom. The highest BCUT2D eigenvalue weighted by Gasteiger charge is 2.00. The lowest BCUT2D eigenvalue weighted by Crippen LogP contribution is -2.02. The molecule has 1 aromatic carbocycles. The summed E-state index contributed by atoms with van der Waals surface area (Å²) in [5.41, 5.74) is 1.08. The minimum absolute atomic E-state index is 0.172. The zero-order valence-corrected chi connectivity index (χ0v) is 15.5. The fourth-order valence-corrected chi connectivity index (χ4v) is 1.76. The zero-order valence-electron chi connectivity index (χ0n) is 15.5. The summed E-state index contributed by atoms with van der Waals surface area (Å²) in [6, 6.07) is 5.27. The monoisotopic (exact) mass is 322 g/mol. The second-order valence-electron chi connectivity index (χ2n) is 6.48. The fraction of sp³-hybridized carbons (Fsp3) is 0.600. The van der Waals surface area contributed by atoms with Gasteiger partial charge in [-0.3, -0.25) is 0 Å². The molecule has 0 unspecified atom stereocenters. The van der Waals surface area contributed by atoms with Gasteiger partial charge in [-0.15, -0.1) is 6.58 Å². The van der Waals surface area contributed by atoms with E-state index in [1.807, 2.05) is 12.1 Å². The number of phenols is 1. The fourth-order valence-electron chi connectivity index (χ4n) is 1.76. The van der Waals surface area contributed by atoms with Crippen molar-refractivity contribution in [1.29, 1.82) is 0 Å². The average Bonchev–Trinajstić information content (AvgIpc) is 2.49. The molecule has 0 radical (unpaired) electrons. The van der Waals surface area contributed by atoms with E-state index >= 15 is 0 Å². The number of hydrogen-bond donors (Lipinski definition) is 1. The Bertz CT molecular complexity index is 415. The first-order valence-corrected chi connectivity index (χ1v) is 8.45. The van der Waals surface area contributed by atoms with Crippen LogP contribution in [0.2, 0.25) is 0 Å². The smallest absolute Gasteiger partial charge is 0.160 e. The number of hydrogen-bond acceptors (Lipinski definition) is 3. The number of methoxy groups -OCH3 is 1. The van der Waals surface area contributed by atoms with Gasteiger partial charge < -0.3 is 14.6 Å². The van der Waals surface area contributed by atoms with E-state index in [1.165, 1.54) is 20.0 Å². The second kappa shape index (κ2) is 13.0. The van der Waals surface area contributed by atoms with Crippen molar-refractivity contribution in [2.45, 2.75) is 47.0 Å². The molecule has 0 aliphatic rings. The molecule has 0 saturated heterocycles. The molecule has 0 bridgehead atoms. The molecule has 3 nitrogen and oxygen atoms in total. The zero-order chi connectivity index (χ0) is 17.7. The molecule has 3 heteroatoms. The van der Waals surface area contributed by atoms with Gasteiger partial charge in [0.1, 0.15) is 0 Å². The minimum Gasteiger partial charge on any atom is -0.504 e. The summed E-state index contributed by atoms with van der Waals surface area (Å²) in [6.45, 7) is 14.4. The van der Waals surface area contributed by atoms with E-state index in [9.17, 15) is 5.11 Å². The minimum atomic E-state index is 0.172. The number of benzene rings is 1. The summed E-state index contributed by atoms with van der Waals surface area (Å²) in [7, 11) is 1.53. The predicted molar refractivity (Wildman–Crippen MR) is 98.3 cm³/mol. The molecule has 1 rings (SSSR count). The maximum Gasteiger partial charge on any atom is 0.160 e. The first-order chi connectivity index (χ1) is 10.9. The molecule has 0 aliphatic carbocycles. The molecular formula is C20H34O3. The summed E-state index contributed by atoms with van der Waals surface area (Å²) < 4.78 is 10.4. The molecule has 0 saturated carbocycles. The summed E-state index contributed by atoms with van der Waals surface area (Å²) in [4.78, 5) is 0. The van der Waals surface area contributed by atoms with Crippen LogP contribution in [0, 0.1) is 11.8 Å². The van der Waals surface area contributed by atoms with E-state index < -0.39 is 0 Å². The number of rotatable bonds is 9. The molecule has 1 N–H and O–H groups in total. The molecule has 1 aromatic rings. The third-order valence-corrected chi connectivity index (χ3v) is 3.30. The third kappa shape index (κ3) is 11.7. The van der Waals surface area contributed by atoms with Crippen molar-refractivity contribution in [2.24, 2.45) is 11.8 Å². The first kappa shape index (κ1) is 21.5. The van der Waals surface area contributed by atoms with E-state index in [1.54, 1.807) is 12.1 Å². The van der Waals surface area contributed by atoms with E-state index in [0.29, 0.717) is 5.75 Å². The van der Waals surface area contributed by atoms with Crippen LogP contribution in [0.3, 0.4) is 0 Å². The Morgan fingerprint density at radius 3 is 2.09 bits per heavy atom. The summed E-state index contributed by atoms with van der Waals surface area (Å²) in [6.07, 6.45) is 4.98. The molecule has 0 atom stereocenters. The van der Waals surface area contributed by atoms with Gasteiger partial charge in [0.15, 0.2) is 11.5 Å². The average molecular weight is 322 g/mol. The number of ether oxygens (including phenoxy) is 2. The molecule has 0 aromatic heterocycles. The van der Waals surface area contributed by atoms with Gasteiger partial charge in [0, 0.05) is 13.2 Å². The van der Waals surface area contributed by atoms with Crippen molar-refractivity contribution >= 4 is 0 Å². The largest absolute Gasteiger partial charge is 0.504 e. The van der Waals surface area contributed by atoms with E-state index in [0.717, 1.165) is 37.0 Å². The highest BCUT2D eigenvalue weighted by atomic mass is 16.5. The van der Waals surface area contributed by atoms with Crippen molar-refractivity contribution in [3.05, 3.63) is 36.4 Å². The SMILES string of the molecule is C=CCc1ccc(O)c(OC)c1.CC(C)CCOCCC(C)C. The van der Waals surface area contributed by atoms with Crippen molar-refractivity contribution in [2.75, 3.05) is 20.3 Å². The molecular weight excluding hydrogens is 288 g/mol. The Hall–Kier alpha value is -1.48. The lowest BCUT2D eigenvalue weighted by molar-refractivity contribution is 0.114. The van der Waals surface area contributed by atoms with E-state index in [4.69, 9.17) is 9.47 Å². The van der Waals surface area contributed by atoms with Crippen molar-refractivity contribution < 1.29 is 14.6 Å². The predicted octanol–water partition coefficient (Wildman–Crippen LogP) is 5.22. The van der Waals surface area contributed by atoms with Crippen LogP contribution in [-0.4, -0.2) is 25.4 Å². The van der Waals surface area contributed by atoms with Gasteiger partial charge in [-0.1, -0.05) is 39.8 Å². The second-order valence-corrected chi connectivity index (χ2v) is 6.48. The Balaban J connectivity index is 0.000000423. The molecule has 0 heterocycles. The normalized spacial score (nSPS) is 10.4. The van der Waals surface area contributed by atoms with Crippen LogP contribution >= 0.6 is 0 Å². The summed E-state index contributed by atoms with van der Waals surface area (Å²) in [5, 5.41) is 9.25. The quantitative estimate of drug-likeness (QED) is 0.500. The van der Waals surface area contributed by atoms with Gasteiger partial charge in [0.2, 0.25) is 0 Å². The van der Waals surface area contributed by atoms with Gasteiger partial charge in [0.05, 0.1) is 7.11 Å². The first-order valence-electron chi connectivity index (χ1n) is 8.45. The molecule has 0 amide bonds. The van der Waals surface area contributed by atoms with Crippen LogP contribution in [0.5, 0.6) is 11.5 Å². The lowest BCUT2D eigenvalue weighted by Gasteiger charge is -2.07. The van der Waals surface area contributed by atoms with Gasteiger partial charge >= 0.3 is 0 Å². The number of aromatic hydroxyl groups is 1. The van der Waals surface area contributed by atoms with E-state index in [2.05, 4.69) is 34.3 Å². The van der Waals surface area contributed by atoms with Crippen LogP contribution in [-0.2, 0) is 11.2 Å². The lowest BCUT2D eigenvalue weighted by atomic mass is 10.1. The Kier molecular flexibility index (Phi) is 12.2. The van der Waals surface area contributed by atoms with Crippen LogP contribution in [0.25, 0.3) is 0 Å². The Morgan fingerprint density at radius 1 is 1.09 bits per heavy atom. The standard InChI is InChI=1S/C10H12O2.C10H22O/c1-3-4-8-5-6-9(11)10(7-8)12-2;1-9(2)5-7-11-8-6-10(3)4/h3,5-7,11H,1,4H2,2H3;9-10H,5-8H2,1-4H3. The maximum atomic E-state index is 9.25. The van der Waals surface area contributed by atoms with Gasteiger partial charge in [-0.25, -0.2) is 0 Å². The Labute approximate surface area is 142 Å². The summed E-state index contributed by atoms with van der Waals surface area (Å²) >= 11 is 0. The number of phenolic OH excluding ortho intramolecular Hbond substituents is 1. The molecule has 0 aliphatic heterocycles. The number of allylic oxidation sites excluding steroid dienone is 1. The molecule has 0 fully saturated rings. The molecule has 0 spiro atoms. The van der Waals surface area contributed by atoms with Crippen LogP contribution < -0.4 is 4.74 Å². The van der Waals surface area contributed by atoms with Crippen LogP contribution in [0.4, 0.5) is 0 Å². The highest BCUT2D eigenvalue weighted by Crippen LogP contribution is 2.26. The van der Waals surface area contributed by atoms with Crippen molar-refractivity contribution in [3.8, 4) is 11.5 Å². The topological polar surface area (TPSA) is 38.7 Å². The highest BCUT2D eigenvalue weighted by molar-refractivity contribution is 5.42. The molecule has 132 valence electrons. The van der Waals surface area contributed by atoms with Crippen LogP contribution in [0.1, 0.15) is 46.1 Å². The van der Waals surface area contributed by atoms with E-state index in [-0.39, 0.29) is 5.75 Å². The van der Waals surface area contributed by atoms with Gasteiger partial charge in [0.25, 0.3) is 0 Å². The van der Waals surface area contributed by atoms with Gasteiger partial charge in [-0.2, -0.15) is 0 Å². The summed E-state index contributed by atoms with van der Waals surface area (Å²) in [5.74, 6) is 2.22. The van der Waals surface area contributed by atoms with Crippen molar-refractivity contribution in [1.82, 2.24) is 0 Å².